The van der Waals surface area contributed by atoms with Crippen molar-refractivity contribution in [2.45, 2.75) is 23.9 Å². The normalized spacial score (nSPS) is 12.1. The summed E-state index contributed by atoms with van der Waals surface area (Å²) in [5.74, 6) is 0.826. The zero-order valence-corrected chi connectivity index (χ0v) is 15.7. The maximum atomic E-state index is 12.6. The number of carbonyl (C=O) groups excluding carboxylic acids is 1. The second-order valence-electron chi connectivity index (χ2n) is 6.05. The molecule has 0 fully saturated rings. The van der Waals surface area contributed by atoms with Crippen LogP contribution in [0.15, 0.2) is 58.6 Å². The van der Waals surface area contributed by atoms with Crippen LogP contribution in [0.2, 0.25) is 0 Å². The zero-order valence-electron chi connectivity index (χ0n) is 14.9. The van der Waals surface area contributed by atoms with Crippen LogP contribution in [0.4, 0.5) is 5.69 Å². The van der Waals surface area contributed by atoms with Crippen molar-refractivity contribution in [3.63, 3.8) is 0 Å². The molecular weight excluding hydrogens is 362 g/mol. The van der Waals surface area contributed by atoms with Crippen molar-refractivity contribution in [3.8, 4) is 11.5 Å². The number of hydrogen-bond donors (Lipinski definition) is 1. The minimum absolute atomic E-state index is 0.131. The molecule has 1 aliphatic heterocycles. The molecule has 0 bridgehead atoms. The second kappa shape index (κ2) is 7.28. The molecule has 0 aliphatic carbocycles. The van der Waals surface area contributed by atoms with Crippen molar-refractivity contribution in [1.82, 2.24) is 9.97 Å². The lowest BCUT2D eigenvalue weighted by Crippen LogP contribution is -2.12. The van der Waals surface area contributed by atoms with Crippen LogP contribution in [0.25, 0.3) is 0 Å². The van der Waals surface area contributed by atoms with Crippen LogP contribution in [-0.4, -0.2) is 22.7 Å². The predicted molar refractivity (Wildman–Crippen MR) is 103 cm³/mol. The minimum Gasteiger partial charge on any atom is -0.454 e. The van der Waals surface area contributed by atoms with Gasteiger partial charge in [-0.2, -0.15) is 0 Å². The molecule has 3 aromatic rings. The van der Waals surface area contributed by atoms with Gasteiger partial charge >= 0.3 is 0 Å². The quantitative estimate of drug-likeness (QED) is 0.684. The molecule has 0 saturated heterocycles. The highest BCUT2D eigenvalue weighted by atomic mass is 32.2. The number of anilines is 1. The average molecular weight is 379 g/mol. The molecule has 2 heterocycles. The summed E-state index contributed by atoms with van der Waals surface area (Å²) in [7, 11) is 0. The Balaban J connectivity index is 1.46. The fraction of sp³-hybridized carbons (Fsp3) is 0.150. The molecule has 136 valence electrons. The van der Waals surface area contributed by atoms with Crippen LogP contribution in [-0.2, 0) is 0 Å². The molecule has 4 rings (SSSR count). The summed E-state index contributed by atoms with van der Waals surface area (Å²) >= 11 is 1.48. The first kappa shape index (κ1) is 17.4. The number of amides is 1. The second-order valence-corrected chi connectivity index (χ2v) is 7.09. The number of aryl methyl sites for hydroxylation is 2. The zero-order chi connectivity index (χ0) is 18.8. The van der Waals surface area contributed by atoms with Crippen molar-refractivity contribution < 1.29 is 14.3 Å². The van der Waals surface area contributed by atoms with Crippen molar-refractivity contribution in [2.24, 2.45) is 0 Å². The number of aromatic nitrogens is 2. The van der Waals surface area contributed by atoms with E-state index in [4.69, 9.17) is 9.47 Å². The van der Waals surface area contributed by atoms with Crippen molar-refractivity contribution in [1.29, 1.82) is 0 Å². The Hall–Kier alpha value is -3.06. The third-order valence-corrected chi connectivity index (χ3v) is 4.80. The van der Waals surface area contributed by atoms with Crippen LogP contribution in [0.5, 0.6) is 11.5 Å². The topological polar surface area (TPSA) is 73.3 Å². The number of carbonyl (C=O) groups is 1. The number of benzene rings is 2. The van der Waals surface area contributed by atoms with E-state index in [0.29, 0.717) is 27.9 Å². The third kappa shape index (κ3) is 3.88. The number of para-hydroxylation sites is 1. The van der Waals surface area contributed by atoms with Gasteiger partial charge < -0.3 is 14.8 Å². The number of nitrogens with one attached hydrogen (secondary N) is 1. The lowest BCUT2D eigenvalue weighted by molar-refractivity contribution is 0.102. The summed E-state index contributed by atoms with van der Waals surface area (Å²) in [6.45, 7) is 4.03. The lowest BCUT2D eigenvalue weighted by Gasteiger charge is -2.08. The molecule has 1 N–H and O–H groups in total. The van der Waals surface area contributed by atoms with E-state index in [0.717, 1.165) is 16.3 Å². The Labute approximate surface area is 161 Å². The van der Waals surface area contributed by atoms with Crippen LogP contribution in [0.1, 0.15) is 21.7 Å². The molecule has 6 nitrogen and oxygen atoms in total. The van der Waals surface area contributed by atoms with Crippen LogP contribution in [0, 0.1) is 13.8 Å². The smallest absolute Gasteiger partial charge is 0.259 e. The molecule has 0 saturated carbocycles. The van der Waals surface area contributed by atoms with Gasteiger partial charge in [0.05, 0.1) is 5.56 Å². The number of fused-ring (bicyclic) bond motifs is 1. The summed E-state index contributed by atoms with van der Waals surface area (Å²) < 4.78 is 10.7. The van der Waals surface area contributed by atoms with E-state index in [1.165, 1.54) is 11.8 Å². The lowest BCUT2D eigenvalue weighted by atomic mass is 10.1. The van der Waals surface area contributed by atoms with Crippen molar-refractivity contribution in [3.05, 3.63) is 65.5 Å². The first-order valence-corrected chi connectivity index (χ1v) is 9.20. The molecule has 0 unspecified atom stereocenters. The first-order valence-electron chi connectivity index (χ1n) is 8.39. The fourth-order valence-corrected chi connectivity index (χ4v) is 3.62. The average Bonchev–Trinajstić information content (AvgIpc) is 3.11. The number of nitrogens with zero attached hydrogens (tertiary/aromatic N) is 2. The Morgan fingerprint density at radius 3 is 2.52 bits per heavy atom. The Bertz CT molecular complexity index is 986. The van der Waals surface area contributed by atoms with Crippen LogP contribution < -0.4 is 14.8 Å². The van der Waals surface area contributed by atoms with Gasteiger partial charge in [-0.15, -0.1) is 0 Å². The van der Waals surface area contributed by atoms with Crippen molar-refractivity contribution in [2.75, 3.05) is 12.1 Å². The van der Waals surface area contributed by atoms with E-state index in [1.54, 1.807) is 18.2 Å². The Kier molecular flexibility index (Phi) is 4.68. The predicted octanol–water partition coefficient (Wildman–Crippen LogP) is 4.23. The minimum atomic E-state index is -0.240. The number of rotatable bonds is 4. The molecular formula is C20H17N3O3S. The highest BCUT2D eigenvalue weighted by molar-refractivity contribution is 7.99. The fourth-order valence-electron chi connectivity index (χ4n) is 2.76. The monoisotopic (exact) mass is 379 g/mol. The summed E-state index contributed by atoms with van der Waals surface area (Å²) in [6.07, 6.45) is 0. The Morgan fingerprint density at radius 1 is 1.04 bits per heavy atom. The number of ether oxygens (including phenoxy) is 2. The third-order valence-electron chi connectivity index (χ3n) is 3.92. The molecule has 7 heteroatoms. The molecule has 0 spiro atoms. The highest BCUT2D eigenvalue weighted by Crippen LogP contribution is 2.35. The van der Waals surface area contributed by atoms with Gasteiger partial charge in [-0.3, -0.25) is 4.79 Å². The highest BCUT2D eigenvalue weighted by Gasteiger charge is 2.21. The maximum Gasteiger partial charge on any atom is 0.259 e. The number of hydrogen-bond acceptors (Lipinski definition) is 6. The SMILES string of the molecule is Cc1cc(C)nc(Sc2ccc(NC(=O)c3cccc4c3OCO4)cc2)n1. The van der Waals surface area contributed by atoms with Crippen LogP contribution in [0.3, 0.4) is 0 Å². The van der Waals surface area contributed by atoms with Gasteiger partial charge in [0.25, 0.3) is 5.91 Å². The van der Waals surface area contributed by atoms with Gasteiger partial charge in [-0.25, -0.2) is 9.97 Å². The molecule has 1 amide bonds. The standard InChI is InChI=1S/C20H17N3O3S/c1-12-10-13(2)22-20(21-12)27-15-8-6-14(7-9-15)23-19(24)16-4-3-5-17-18(16)26-11-25-17/h3-10H,11H2,1-2H3,(H,23,24). The van der Waals surface area contributed by atoms with Crippen LogP contribution >= 0.6 is 11.8 Å². The molecule has 1 aromatic heterocycles. The Morgan fingerprint density at radius 2 is 1.78 bits per heavy atom. The van der Waals surface area contributed by atoms with Gasteiger partial charge in [0, 0.05) is 22.0 Å². The van der Waals surface area contributed by atoms with E-state index >= 15 is 0 Å². The van der Waals surface area contributed by atoms with E-state index in [1.807, 2.05) is 44.2 Å². The van der Waals surface area contributed by atoms with Gasteiger partial charge in [0.2, 0.25) is 6.79 Å². The largest absolute Gasteiger partial charge is 0.454 e. The van der Waals surface area contributed by atoms with Gasteiger partial charge in [0.15, 0.2) is 16.7 Å². The van der Waals surface area contributed by atoms with E-state index < -0.39 is 0 Å². The molecule has 2 aromatic carbocycles. The van der Waals surface area contributed by atoms with E-state index in [-0.39, 0.29) is 12.7 Å². The van der Waals surface area contributed by atoms with Gasteiger partial charge in [-0.05, 0) is 68.1 Å². The summed E-state index contributed by atoms with van der Waals surface area (Å²) in [5, 5.41) is 3.59. The molecule has 27 heavy (non-hydrogen) atoms. The van der Waals surface area contributed by atoms with Gasteiger partial charge in [-0.1, -0.05) is 6.07 Å². The molecule has 0 radical (unpaired) electrons. The van der Waals surface area contributed by atoms with Gasteiger partial charge in [0.1, 0.15) is 0 Å². The van der Waals surface area contributed by atoms with Crippen molar-refractivity contribution >= 4 is 23.4 Å². The first-order chi connectivity index (χ1) is 13.1. The molecule has 1 aliphatic rings. The summed E-state index contributed by atoms with van der Waals surface area (Å²) in [6, 6.07) is 14.8. The molecule has 0 atom stereocenters. The summed E-state index contributed by atoms with van der Waals surface area (Å²) in [4.78, 5) is 22.4. The van der Waals surface area contributed by atoms with E-state index in [9.17, 15) is 4.79 Å². The maximum absolute atomic E-state index is 12.6. The summed E-state index contributed by atoms with van der Waals surface area (Å²) in [5.41, 5.74) is 3.03. The van der Waals surface area contributed by atoms with E-state index in [2.05, 4.69) is 15.3 Å².